The smallest absolute Gasteiger partial charge is 0.335 e. The Morgan fingerprint density at radius 2 is 1.82 bits per heavy atom. The standard InChI is InChI=1S/C18H12ClN3O6/c1-28-15-7-2-10(9-14(15)22(26)27)8-13-16(23)20-18(25)21(17(13)24)12-5-3-11(19)4-6-12/h2-9H,1H3,(H,20,23,25)/b13-8-. The van der Waals surface area contributed by atoms with Gasteiger partial charge in [-0.1, -0.05) is 17.7 Å². The molecule has 0 spiro atoms. The Balaban J connectivity index is 2.03. The number of nitrogens with one attached hydrogen (secondary N) is 1. The molecule has 10 heteroatoms. The maximum atomic E-state index is 12.8. The zero-order chi connectivity index (χ0) is 20.4. The first-order valence-electron chi connectivity index (χ1n) is 7.81. The highest BCUT2D eigenvalue weighted by Crippen LogP contribution is 2.29. The molecule has 4 amide bonds. The Kier molecular flexibility index (Phi) is 5.10. The highest BCUT2D eigenvalue weighted by Gasteiger charge is 2.36. The van der Waals surface area contributed by atoms with E-state index in [0.717, 1.165) is 11.0 Å². The van der Waals surface area contributed by atoms with Crippen molar-refractivity contribution >= 4 is 46.9 Å². The molecule has 1 aliphatic heterocycles. The number of rotatable bonds is 4. The number of halogens is 1. The van der Waals surface area contributed by atoms with Gasteiger partial charge in [0.15, 0.2) is 5.75 Å². The van der Waals surface area contributed by atoms with Gasteiger partial charge in [-0.05, 0) is 42.0 Å². The van der Waals surface area contributed by atoms with Gasteiger partial charge in [0.2, 0.25) is 0 Å². The molecule has 1 heterocycles. The van der Waals surface area contributed by atoms with Crippen LogP contribution in [0.25, 0.3) is 6.08 Å². The van der Waals surface area contributed by atoms with E-state index in [0.29, 0.717) is 5.02 Å². The fourth-order valence-corrected chi connectivity index (χ4v) is 2.71. The van der Waals surface area contributed by atoms with E-state index >= 15 is 0 Å². The second-order valence-electron chi connectivity index (χ2n) is 5.62. The molecule has 3 rings (SSSR count). The number of hydrogen-bond donors (Lipinski definition) is 1. The number of nitro benzene ring substituents is 1. The number of anilines is 1. The molecule has 1 N–H and O–H groups in total. The molecule has 0 unspecified atom stereocenters. The summed E-state index contributed by atoms with van der Waals surface area (Å²) in [5, 5.41) is 13.6. The molecule has 0 aliphatic carbocycles. The van der Waals surface area contributed by atoms with Gasteiger partial charge in [0, 0.05) is 11.1 Å². The number of imide groups is 2. The van der Waals surface area contributed by atoms with Crippen LogP contribution in [0.2, 0.25) is 5.02 Å². The Hall–Kier alpha value is -3.72. The van der Waals surface area contributed by atoms with E-state index in [1.165, 1.54) is 49.6 Å². The number of carbonyl (C=O) groups is 3. The van der Waals surface area contributed by atoms with Gasteiger partial charge in [-0.25, -0.2) is 9.69 Å². The molecule has 9 nitrogen and oxygen atoms in total. The topological polar surface area (TPSA) is 119 Å². The quantitative estimate of drug-likeness (QED) is 0.364. The molecule has 2 aromatic carbocycles. The second-order valence-corrected chi connectivity index (χ2v) is 6.06. The van der Waals surface area contributed by atoms with Crippen LogP contribution in [0.4, 0.5) is 16.2 Å². The van der Waals surface area contributed by atoms with Crippen molar-refractivity contribution < 1.29 is 24.0 Å². The maximum Gasteiger partial charge on any atom is 0.335 e. The minimum atomic E-state index is -0.907. The van der Waals surface area contributed by atoms with E-state index < -0.39 is 22.8 Å². The molecule has 0 atom stereocenters. The number of nitrogens with zero attached hydrogens (tertiary/aromatic N) is 2. The minimum Gasteiger partial charge on any atom is -0.490 e. The highest BCUT2D eigenvalue weighted by atomic mass is 35.5. The van der Waals surface area contributed by atoms with Gasteiger partial charge in [0.05, 0.1) is 17.7 Å². The van der Waals surface area contributed by atoms with Gasteiger partial charge >= 0.3 is 11.7 Å². The summed E-state index contributed by atoms with van der Waals surface area (Å²) in [4.78, 5) is 48.3. The predicted molar refractivity (Wildman–Crippen MR) is 100 cm³/mol. The van der Waals surface area contributed by atoms with Crippen molar-refractivity contribution in [2.75, 3.05) is 12.0 Å². The largest absolute Gasteiger partial charge is 0.490 e. The number of ether oxygens (including phenoxy) is 1. The number of barbiturate groups is 1. The zero-order valence-electron chi connectivity index (χ0n) is 14.3. The molecule has 0 saturated carbocycles. The van der Waals surface area contributed by atoms with Crippen LogP contribution < -0.4 is 15.0 Å². The number of urea groups is 1. The van der Waals surface area contributed by atoms with Crippen LogP contribution in [0, 0.1) is 10.1 Å². The average molecular weight is 402 g/mol. The molecule has 1 fully saturated rings. The number of carbonyl (C=O) groups excluding carboxylic acids is 3. The van der Waals surface area contributed by atoms with Gasteiger partial charge in [-0.15, -0.1) is 0 Å². The number of nitro groups is 1. The number of amides is 4. The molecule has 142 valence electrons. The number of methoxy groups -OCH3 is 1. The summed E-state index contributed by atoms with van der Waals surface area (Å²) >= 11 is 5.81. The Labute approximate surface area is 163 Å². The van der Waals surface area contributed by atoms with Crippen molar-refractivity contribution in [1.29, 1.82) is 0 Å². The fourth-order valence-electron chi connectivity index (χ4n) is 2.59. The zero-order valence-corrected chi connectivity index (χ0v) is 15.1. The van der Waals surface area contributed by atoms with E-state index in [4.69, 9.17) is 16.3 Å². The second kappa shape index (κ2) is 7.49. The normalized spacial score (nSPS) is 15.6. The Morgan fingerprint density at radius 1 is 1.14 bits per heavy atom. The van der Waals surface area contributed by atoms with E-state index in [2.05, 4.69) is 5.32 Å². The lowest BCUT2D eigenvalue weighted by atomic mass is 10.1. The third-order valence-electron chi connectivity index (χ3n) is 3.90. The van der Waals surface area contributed by atoms with Crippen molar-refractivity contribution in [2.45, 2.75) is 0 Å². The highest BCUT2D eigenvalue weighted by molar-refractivity contribution is 6.39. The molecule has 1 saturated heterocycles. The lowest BCUT2D eigenvalue weighted by Gasteiger charge is -2.26. The van der Waals surface area contributed by atoms with Gasteiger partial charge < -0.3 is 4.74 Å². The Morgan fingerprint density at radius 3 is 2.43 bits per heavy atom. The molecular weight excluding hydrogens is 390 g/mol. The van der Waals surface area contributed by atoms with E-state index in [1.807, 2.05) is 0 Å². The monoisotopic (exact) mass is 401 g/mol. The third-order valence-corrected chi connectivity index (χ3v) is 4.15. The minimum absolute atomic E-state index is 0.0320. The van der Waals surface area contributed by atoms with Gasteiger partial charge in [0.25, 0.3) is 11.8 Å². The number of hydrogen-bond acceptors (Lipinski definition) is 6. The molecule has 28 heavy (non-hydrogen) atoms. The lowest BCUT2D eigenvalue weighted by molar-refractivity contribution is -0.385. The van der Waals surface area contributed by atoms with Crippen molar-refractivity contribution in [1.82, 2.24) is 5.32 Å². The van der Waals surface area contributed by atoms with Crippen LogP contribution in [-0.4, -0.2) is 29.9 Å². The van der Waals surface area contributed by atoms with E-state index in [9.17, 15) is 24.5 Å². The summed E-state index contributed by atoms with van der Waals surface area (Å²) in [5.41, 5.74) is -0.248. The first kappa shape index (κ1) is 19.1. The maximum absolute atomic E-state index is 12.8. The molecule has 1 aliphatic rings. The van der Waals surface area contributed by atoms with Crippen molar-refractivity contribution in [2.24, 2.45) is 0 Å². The van der Waals surface area contributed by atoms with Crippen LogP contribution in [0.5, 0.6) is 5.75 Å². The molecule has 0 bridgehead atoms. The average Bonchev–Trinajstić information content (AvgIpc) is 2.66. The summed E-state index contributed by atoms with van der Waals surface area (Å²) in [6, 6.07) is 8.93. The molecule has 0 aromatic heterocycles. The molecule has 0 radical (unpaired) electrons. The van der Waals surface area contributed by atoms with E-state index in [1.54, 1.807) is 0 Å². The predicted octanol–water partition coefficient (Wildman–Crippen LogP) is 2.92. The summed E-state index contributed by atoms with van der Waals surface area (Å²) in [6.45, 7) is 0. The third kappa shape index (κ3) is 3.55. The SMILES string of the molecule is COc1ccc(/C=C2/C(=O)NC(=O)N(c3ccc(Cl)cc3)C2=O)cc1[N+](=O)[O-]. The van der Waals surface area contributed by atoms with Gasteiger partial charge in [-0.3, -0.25) is 25.0 Å². The summed E-state index contributed by atoms with van der Waals surface area (Å²) in [5.74, 6) is -1.74. The molecule has 2 aromatic rings. The van der Waals surface area contributed by atoms with Crippen LogP contribution in [0.1, 0.15) is 5.56 Å². The van der Waals surface area contributed by atoms with Gasteiger partial charge in [0.1, 0.15) is 5.57 Å². The fraction of sp³-hybridized carbons (Fsp3) is 0.0556. The van der Waals surface area contributed by atoms with Crippen LogP contribution >= 0.6 is 11.6 Å². The van der Waals surface area contributed by atoms with Crippen molar-refractivity contribution in [3.8, 4) is 5.75 Å². The van der Waals surface area contributed by atoms with Crippen LogP contribution in [0.3, 0.4) is 0 Å². The first-order chi connectivity index (χ1) is 13.3. The van der Waals surface area contributed by atoms with E-state index in [-0.39, 0.29) is 28.3 Å². The Bertz CT molecular complexity index is 1030. The van der Waals surface area contributed by atoms with Crippen molar-refractivity contribution in [3.05, 3.63) is 68.7 Å². The summed E-state index contributed by atoms with van der Waals surface area (Å²) in [7, 11) is 1.29. The first-order valence-corrected chi connectivity index (χ1v) is 8.19. The lowest BCUT2D eigenvalue weighted by Crippen LogP contribution is -2.54. The molecular formula is C18H12ClN3O6. The number of benzene rings is 2. The van der Waals surface area contributed by atoms with Crippen molar-refractivity contribution in [3.63, 3.8) is 0 Å². The summed E-state index contributed by atoms with van der Waals surface area (Å²) < 4.78 is 4.92. The van der Waals surface area contributed by atoms with Gasteiger partial charge in [-0.2, -0.15) is 0 Å². The van der Waals surface area contributed by atoms with Crippen LogP contribution in [-0.2, 0) is 9.59 Å². The summed E-state index contributed by atoms with van der Waals surface area (Å²) in [6.07, 6.45) is 1.17. The van der Waals surface area contributed by atoms with Crippen LogP contribution in [0.15, 0.2) is 48.0 Å².